The van der Waals surface area contributed by atoms with E-state index in [9.17, 15) is 4.79 Å². The predicted molar refractivity (Wildman–Crippen MR) is 50.6 cm³/mol. The van der Waals surface area contributed by atoms with Crippen molar-refractivity contribution in [3.8, 4) is 5.88 Å². The zero-order valence-electron chi connectivity index (χ0n) is 7.50. The molecule has 0 aliphatic carbocycles. The molecule has 1 heterocycles. The SMILES string of the molecule is COc1cc(C(=O)CCl)cc(C)n1. The number of methoxy groups -OCH3 is 1. The van der Waals surface area contributed by atoms with Crippen LogP contribution in [0.2, 0.25) is 0 Å². The van der Waals surface area contributed by atoms with Crippen molar-refractivity contribution in [3.63, 3.8) is 0 Å². The van der Waals surface area contributed by atoms with E-state index in [4.69, 9.17) is 16.3 Å². The second-order valence-electron chi connectivity index (χ2n) is 2.60. The number of ether oxygens (including phenoxy) is 1. The lowest BCUT2D eigenvalue weighted by Crippen LogP contribution is -2.02. The van der Waals surface area contributed by atoms with E-state index in [0.717, 1.165) is 5.69 Å². The summed E-state index contributed by atoms with van der Waals surface area (Å²) in [7, 11) is 1.51. The topological polar surface area (TPSA) is 39.2 Å². The molecule has 1 aromatic rings. The number of hydrogen-bond acceptors (Lipinski definition) is 3. The standard InChI is InChI=1S/C9H10ClNO2/c1-6-3-7(8(12)5-10)4-9(11-6)13-2/h3-4H,5H2,1-2H3. The molecular formula is C9H10ClNO2. The van der Waals surface area contributed by atoms with E-state index in [-0.39, 0.29) is 11.7 Å². The molecule has 0 spiro atoms. The second kappa shape index (κ2) is 4.23. The van der Waals surface area contributed by atoms with E-state index in [1.165, 1.54) is 7.11 Å². The molecule has 0 bridgehead atoms. The van der Waals surface area contributed by atoms with Crippen molar-refractivity contribution in [2.75, 3.05) is 13.0 Å². The van der Waals surface area contributed by atoms with Crippen LogP contribution in [0.4, 0.5) is 0 Å². The fourth-order valence-electron chi connectivity index (χ4n) is 0.981. The lowest BCUT2D eigenvalue weighted by Gasteiger charge is -2.03. The molecule has 0 unspecified atom stereocenters. The van der Waals surface area contributed by atoms with Gasteiger partial charge in [0.15, 0.2) is 5.78 Å². The van der Waals surface area contributed by atoms with E-state index in [2.05, 4.69) is 4.98 Å². The van der Waals surface area contributed by atoms with Crippen LogP contribution in [0.1, 0.15) is 16.1 Å². The van der Waals surface area contributed by atoms with E-state index >= 15 is 0 Å². The highest BCUT2D eigenvalue weighted by Crippen LogP contribution is 2.12. The minimum atomic E-state index is -0.120. The van der Waals surface area contributed by atoms with Gasteiger partial charge in [-0.25, -0.2) is 4.98 Å². The summed E-state index contributed by atoms with van der Waals surface area (Å²) < 4.78 is 4.92. The van der Waals surface area contributed by atoms with Crippen LogP contribution in [0.15, 0.2) is 12.1 Å². The fraction of sp³-hybridized carbons (Fsp3) is 0.333. The van der Waals surface area contributed by atoms with Crippen molar-refractivity contribution in [1.82, 2.24) is 4.98 Å². The van der Waals surface area contributed by atoms with Crippen LogP contribution in [0.5, 0.6) is 5.88 Å². The minimum Gasteiger partial charge on any atom is -0.481 e. The first kappa shape index (κ1) is 9.99. The van der Waals surface area contributed by atoms with Gasteiger partial charge >= 0.3 is 0 Å². The number of halogens is 1. The third kappa shape index (κ3) is 2.42. The molecule has 0 aliphatic heterocycles. The fourth-order valence-corrected chi connectivity index (χ4v) is 1.14. The monoisotopic (exact) mass is 199 g/mol. The Balaban J connectivity index is 3.08. The number of pyridine rings is 1. The summed E-state index contributed by atoms with van der Waals surface area (Å²) in [6.07, 6.45) is 0. The summed E-state index contributed by atoms with van der Waals surface area (Å²) in [5.74, 6) is 0.297. The number of hydrogen-bond donors (Lipinski definition) is 0. The smallest absolute Gasteiger partial charge is 0.213 e. The predicted octanol–water partition coefficient (Wildman–Crippen LogP) is 1.82. The molecule has 13 heavy (non-hydrogen) atoms. The number of aryl methyl sites for hydroxylation is 1. The Labute approximate surface area is 81.7 Å². The van der Waals surface area contributed by atoms with Gasteiger partial charge in [0.05, 0.1) is 13.0 Å². The number of carbonyl (C=O) groups excluding carboxylic acids is 1. The quantitative estimate of drug-likeness (QED) is 0.551. The summed E-state index contributed by atoms with van der Waals surface area (Å²) in [4.78, 5) is 15.3. The van der Waals surface area contributed by atoms with Crippen molar-refractivity contribution >= 4 is 17.4 Å². The zero-order chi connectivity index (χ0) is 9.84. The minimum absolute atomic E-state index is 0.0212. The molecule has 3 nitrogen and oxygen atoms in total. The first-order chi connectivity index (χ1) is 6.17. The van der Waals surface area contributed by atoms with Crippen molar-refractivity contribution in [1.29, 1.82) is 0 Å². The van der Waals surface area contributed by atoms with Gasteiger partial charge in [-0.05, 0) is 13.0 Å². The summed E-state index contributed by atoms with van der Waals surface area (Å²) in [5, 5.41) is 0. The second-order valence-corrected chi connectivity index (χ2v) is 2.86. The van der Waals surface area contributed by atoms with E-state index < -0.39 is 0 Å². The molecule has 0 N–H and O–H groups in total. The summed E-state index contributed by atoms with van der Waals surface area (Å²) in [6.45, 7) is 1.80. The highest BCUT2D eigenvalue weighted by Gasteiger charge is 2.07. The number of nitrogens with zero attached hydrogens (tertiary/aromatic N) is 1. The molecular weight excluding hydrogens is 190 g/mol. The van der Waals surface area contributed by atoms with Crippen LogP contribution in [0, 0.1) is 6.92 Å². The average molecular weight is 200 g/mol. The van der Waals surface area contributed by atoms with Crippen LogP contribution in [-0.4, -0.2) is 23.8 Å². The lowest BCUT2D eigenvalue weighted by atomic mass is 10.1. The van der Waals surface area contributed by atoms with Crippen molar-refractivity contribution in [2.24, 2.45) is 0 Å². The Morgan fingerprint density at radius 1 is 1.62 bits per heavy atom. The van der Waals surface area contributed by atoms with Crippen molar-refractivity contribution in [2.45, 2.75) is 6.92 Å². The van der Waals surface area contributed by atoms with Gasteiger partial charge in [0.2, 0.25) is 5.88 Å². The number of Topliss-reactive ketones (excluding diaryl/α,β-unsaturated/α-hetero) is 1. The first-order valence-electron chi connectivity index (χ1n) is 3.79. The van der Waals surface area contributed by atoms with E-state index in [0.29, 0.717) is 11.4 Å². The van der Waals surface area contributed by atoms with Gasteiger partial charge in [0, 0.05) is 17.3 Å². The van der Waals surface area contributed by atoms with Gasteiger partial charge in [-0.3, -0.25) is 4.79 Å². The van der Waals surface area contributed by atoms with Gasteiger partial charge < -0.3 is 4.74 Å². The molecule has 0 atom stereocenters. The third-order valence-corrected chi connectivity index (χ3v) is 1.83. The summed E-state index contributed by atoms with van der Waals surface area (Å²) in [6, 6.07) is 3.27. The van der Waals surface area contributed by atoms with Gasteiger partial charge in [0.25, 0.3) is 0 Å². The lowest BCUT2D eigenvalue weighted by molar-refractivity contribution is 0.102. The van der Waals surface area contributed by atoms with Crippen LogP contribution in [0.3, 0.4) is 0 Å². The molecule has 70 valence electrons. The third-order valence-electron chi connectivity index (χ3n) is 1.58. The van der Waals surface area contributed by atoms with Gasteiger partial charge in [-0.1, -0.05) is 0 Å². The first-order valence-corrected chi connectivity index (χ1v) is 4.32. The Morgan fingerprint density at radius 2 is 2.31 bits per heavy atom. The van der Waals surface area contributed by atoms with Crippen LogP contribution >= 0.6 is 11.6 Å². The van der Waals surface area contributed by atoms with Crippen molar-refractivity contribution in [3.05, 3.63) is 23.4 Å². The highest BCUT2D eigenvalue weighted by atomic mass is 35.5. The van der Waals surface area contributed by atoms with Gasteiger partial charge in [0.1, 0.15) is 0 Å². The molecule has 0 aromatic carbocycles. The number of carbonyl (C=O) groups is 1. The van der Waals surface area contributed by atoms with Gasteiger partial charge in [-0.15, -0.1) is 11.6 Å². The maximum atomic E-state index is 11.2. The number of ketones is 1. The summed E-state index contributed by atoms with van der Waals surface area (Å²) >= 11 is 5.42. The maximum absolute atomic E-state index is 11.2. The van der Waals surface area contributed by atoms with Crippen LogP contribution < -0.4 is 4.74 Å². The Bertz CT molecular complexity index is 325. The molecule has 4 heteroatoms. The normalized spacial score (nSPS) is 9.77. The van der Waals surface area contributed by atoms with Crippen molar-refractivity contribution < 1.29 is 9.53 Å². The molecule has 0 radical (unpaired) electrons. The highest BCUT2D eigenvalue weighted by molar-refractivity contribution is 6.30. The van der Waals surface area contributed by atoms with Crippen LogP contribution in [-0.2, 0) is 0 Å². The maximum Gasteiger partial charge on any atom is 0.213 e. The molecule has 0 fully saturated rings. The Morgan fingerprint density at radius 3 is 2.85 bits per heavy atom. The molecule has 0 amide bonds. The van der Waals surface area contributed by atoms with E-state index in [1.54, 1.807) is 19.1 Å². The molecule has 1 rings (SSSR count). The van der Waals surface area contributed by atoms with Crippen LogP contribution in [0.25, 0.3) is 0 Å². The summed E-state index contributed by atoms with van der Waals surface area (Å²) in [5.41, 5.74) is 1.28. The number of aromatic nitrogens is 1. The molecule has 0 aliphatic rings. The zero-order valence-corrected chi connectivity index (χ0v) is 8.26. The molecule has 1 aromatic heterocycles. The Hall–Kier alpha value is -1.09. The average Bonchev–Trinajstić information content (AvgIpc) is 2.15. The molecule has 0 saturated heterocycles. The number of rotatable bonds is 3. The van der Waals surface area contributed by atoms with E-state index in [1.807, 2.05) is 0 Å². The molecule has 0 saturated carbocycles. The Kier molecular flexibility index (Phi) is 3.25. The van der Waals surface area contributed by atoms with Gasteiger partial charge in [-0.2, -0.15) is 0 Å². The largest absolute Gasteiger partial charge is 0.481 e. The number of alkyl halides is 1.